The predicted molar refractivity (Wildman–Crippen MR) is 102 cm³/mol. The standard InChI is InChI=1S/C22H16F6N2/c1-2-3-13-4-5-16(18(23)8-13)15-11-29-21(30-12-15)14-9-19(24)17(20(25)10-14)6-7-22(26,27)28/h4-12H,2-3H2,1H3/b7-6+. The molecule has 0 unspecified atom stereocenters. The largest absolute Gasteiger partial charge is 0.409 e. The van der Waals surface area contributed by atoms with Crippen molar-refractivity contribution in [3.63, 3.8) is 0 Å². The third-order valence-corrected chi connectivity index (χ3v) is 4.31. The molecule has 0 spiro atoms. The summed E-state index contributed by atoms with van der Waals surface area (Å²) in [6.07, 6.45) is -0.364. The van der Waals surface area contributed by atoms with E-state index < -0.39 is 29.2 Å². The number of hydrogen-bond donors (Lipinski definition) is 0. The van der Waals surface area contributed by atoms with E-state index in [0.29, 0.717) is 11.6 Å². The Kier molecular flexibility index (Phi) is 6.24. The van der Waals surface area contributed by atoms with Crippen molar-refractivity contribution in [2.45, 2.75) is 25.9 Å². The molecular weight excluding hydrogens is 406 g/mol. The third-order valence-electron chi connectivity index (χ3n) is 4.31. The van der Waals surface area contributed by atoms with E-state index in [-0.39, 0.29) is 23.0 Å². The number of benzene rings is 2. The monoisotopic (exact) mass is 422 g/mol. The van der Waals surface area contributed by atoms with Gasteiger partial charge in [-0.15, -0.1) is 0 Å². The first-order valence-electron chi connectivity index (χ1n) is 9.04. The second-order valence-electron chi connectivity index (χ2n) is 6.59. The molecule has 0 saturated heterocycles. The van der Waals surface area contributed by atoms with E-state index in [4.69, 9.17) is 0 Å². The normalized spacial score (nSPS) is 12.0. The maximum Gasteiger partial charge on any atom is 0.409 e. The van der Waals surface area contributed by atoms with E-state index in [0.717, 1.165) is 30.5 Å². The van der Waals surface area contributed by atoms with Crippen LogP contribution in [-0.2, 0) is 6.42 Å². The van der Waals surface area contributed by atoms with Gasteiger partial charge in [0.25, 0.3) is 0 Å². The van der Waals surface area contributed by atoms with Gasteiger partial charge in [-0.25, -0.2) is 23.1 Å². The predicted octanol–water partition coefficient (Wildman–Crippen LogP) is 6.76. The molecule has 156 valence electrons. The molecule has 8 heteroatoms. The Balaban J connectivity index is 1.89. The molecule has 3 aromatic rings. The maximum atomic E-state index is 14.3. The zero-order valence-electron chi connectivity index (χ0n) is 15.8. The lowest BCUT2D eigenvalue weighted by molar-refractivity contribution is -0.0790. The average molecular weight is 422 g/mol. The van der Waals surface area contributed by atoms with Crippen molar-refractivity contribution in [1.82, 2.24) is 9.97 Å². The van der Waals surface area contributed by atoms with Gasteiger partial charge >= 0.3 is 6.18 Å². The summed E-state index contributed by atoms with van der Waals surface area (Å²) < 4.78 is 79.3. The minimum atomic E-state index is -4.69. The minimum absolute atomic E-state index is 0.0501. The summed E-state index contributed by atoms with van der Waals surface area (Å²) in [5.74, 6) is -2.85. The molecule has 0 radical (unpaired) electrons. The molecule has 2 nitrogen and oxygen atoms in total. The van der Waals surface area contributed by atoms with Crippen LogP contribution in [0, 0.1) is 17.5 Å². The number of aromatic nitrogens is 2. The highest BCUT2D eigenvalue weighted by Gasteiger charge is 2.23. The molecule has 0 aliphatic rings. The first-order chi connectivity index (χ1) is 14.2. The highest BCUT2D eigenvalue weighted by molar-refractivity contribution is 5.66. The summed E-state index contributed by atoms with van der Waals surface area (Å²) in [6, 6.07) is 6.53. The zero-order chi connectivity index (χ0) is 21.9. The molecule has 3 rings (SSSR count). The fourth-order valence-electron chi connectivity index (χ4n) is 2.90. The second kappa shape index (κ2) is 8.69. The lowest BCUT2D eigenvalue weighted by atomic mass is 10.0. The van der Waals surface area contributed by atoms with Crippen LogP contribution in [0.5, 0.6) is 0 Å². The Hall–Kier alpha value is -3.16. The van der Waals surface area contributed by atoms with E-state index in [9.17, 15) is 26.3 Å². The van der Waals surface area contributed by atoms with Crippen molar-refractivity contribution in [3.8, 4) is 22.5 Å². The summed E-state index contributed by atoms with van der Waals surface area (Å²) >= 11 is 0. The molecule has 0 atom stereocenters. The fourth-order valence-corrected chi connectivity index (χ4v) is 2.90. The summed E-state index contributed by atoms with van der Waals surface area (Å²) in [7, 11) is 0. The van der Waals surface area contributed by atoms with Crippen LogP contribution < -0.4 is 0 Å². The van der Waals surface area contributed by atoms with Gasteiger partial charge in [-0.05, 0) is 36.3 Å². The van der Waals surface area contributed by atoms with Crippen LogP contribution in [0.1, 0.15) is 24.5 Å². The van der Waals surface area contributed by atoms with Gasteiger partial charge in [0, 0.05) is 40.7 Å². The van der Waals surface area contributed by atoms with Gasteiger partial charge in [0.15, 0.2) is 5.82 Å². The average Bonchev–Trinajstić information content (AvgIpc) is 2.67. The quantitative estimate of drug-likeness (QED) is 0.425. The van der Waals surface area contributed by atoms with E-state index in [1.54, 1.807) is 12.1 Å². The van der Waals surface area contributed by atoms with Gasteiger partial charge < -0.3 is 0 Å². The van der Waals surface area contributed by atoms with E-state index in [1.165, 1.54) is 18.5 Å². The number of nitrogens with zero attached hydrogens (tertiary/aromatic N) is 2. The first kappa shape index (κ1) is 21.5. The Morgan fingerprint density at radius 1 is 0.867 bits per heavy atom. The lowest BCUT2D eigenvalue weighted by Crippen LogP contribution is -2.01. The molecule has 0 fully saturated rings. The van der Waals surface area contributed by atoms with Crippen molar-refractivity contribution in [3.05, 3.63) is 77.4 Å². The van der Waals surface area contributed by atoms with Crippen molar-refractivity contribution in [2.75, 3.05) is 0 Å². The van der Waals surface area contributed by atoms with Gasteiger partial charge in [0.05, 0.1) is 0 Å². The Morgan fingerprint density at radius 3 is 2.03 bits per heavy atom. The SMILES string of the molecule is CCCc1ccc(-c2cnc(-c3cc(F)c(/C=C/C(F)(F)F)c(F)c3)nc2)c(F)c1. The fraction of sp³-hybridized carbons (Fsp3) is 0.182. The number of alkyl halides is 3. The molecule has 0 bridgehead atoms. The van der Waals surface area contributed by atoms with Crippen LogP contribution in [0.25, 0.3) is 28.6 Å². The highest BCUT2D eigenvalue weighted by atomic mass is 19.4. The lowest BCUT2D eigenvalue weighted by Gasteiger charge is -2.08. The topological polar surface area (TPSA) is 25.8 Å². The van der Waals surface area contributed by atoms with Crippen LogP contribution in [0.2, 0.25) is 0 Å². The third kappa shape index (κ3) is 5.06. The van der Waals surface area contributed by atoms with E-state index >= 15 is 0 Å². The van der Waals surface area contributed by atoms with Crippen LogP contribution >= 0.6 is 0 Å². The van der Waals surface area contributed by atoms with E-state index in [1.807, 2.05) is 6.92 Å². The van der Waals surface area contributed by atoms with Gasteiger partial charge in [0.1, 0.15) is 17.5 Å². The number of rotatable bonds is 5. The number of hydrogen-bond acceptors (Lipinski definition) is 2. The first-order valence-corrected chi connectivity index (χ1v) is 9.04. The second-order valence-corrected chi connectivity index (χ2v) is 6.59. The Morgan fingerprint density at radius 2 is 1.50 bits per heavy atom. The minimum Gasteiger partial charge on any atom is -0.236 e. The van der Waals surface area contributed by atoms with Crippen molar-refractivity contribution >= 4 is 6.08 Å². The van der Waals surface area contributed by atoms with Crippen molar-refractivity contribution in [1.29, 1.82) is 0 Å². The smallest absolute Gasteiger partial charge is 0.236 e. The summed E-state index contributed by atoms with van der Waals surface area (Å²) in [6.45, 7) is 1.99. The number of halogens is 6. The number of aryl methyl sites for hydroxylation is 1. The zero-order valence-corrected chi connectivity index (χ0v) is 15.8. The Labute approximate surface area is 168 Å². The summed E-state index contributed by atoms with van der Waals surface area (Å²) in [4.78, 5) is 8.03. The van der Waals surface area contributed by atoms with Crippen LogP contribution in [0.15, 0.2) is 48.8 Å². The molecule has 0 aliphatic heterocycles. The molecule has 0 amide bonds. The summed E-state index contributed by atoms with van der Waals surface area (Å²) in [5, 5.41) is 0. The van der Waals surface area contributed by atoms with Crippen molar-refractivity contribution in [2.24, 2.45) is 0 Å². The molecule has 0 aliphatic carbocycles. The highest BCUT2D eigenvalue weighted by Crippen LogP contribution is 2.27. The van der Waals surface area contributed by atoms with Crippen molar-refractivity contribution < 1.29 is 26.3 Å². The molecule has 0 saturated carbocycles. The number of allylic oxidation sites excluding steroid dienone is 1. The van der Waals surface area contributed by atoms with E-state index in [2.05, 4.69) is 9.97 Å². The summed E-state index contributed by atoms with van der Waals surface area (Å²) in [5.41, 5.74) is 0.652. The molecule has 2 aromatic carbocycles. The van der Waals surface area contributed by atoms with Crippen LogP contribution in [0.3, 0.4) is 0 Å². The molecule has 1 heterocycles. The van der Waals surface area contributed by atoms with Crippen LogP contribution in [-0.4, -0.2) is 16.1 Å². The molecule has 1 aromatic heterocycles. The molecule has 30 heavy (non-hydrogen) atoms. The van der Waals surface area contributed by atoms with Gasteiger partial charge in [-0.2, -0.15) is 13.2 Å². The van der Waals surface area contributed by atoms with Crippen LogP contribution in [0.4, 0.5) is 26.3 Å². The Bertz CT molecular complexity index is 1050. The van der Waals surface area contributed by atoms with Gasteiger partial charge in [-0.1, -0.05) is 25.5 Å². The van der Waals surface area contributed by atoms with Gasteiger partial charge in [-0.3, -0.25) is 0 Å². The molecular formula is C22H16F6N2. The molecule has 0 N–H and O–H groups in total. The maximum absolute atomic E-state index is 14.3. The van der Waals surface area contributed by atoms with Gasteiger partial charge in [0.2, 0.25) is 0 Å².